The van der Waals surface area contributed by atoms with Crippen LogP contribution in [0.4, 0.5) is 0 Å². The molecule has 0 radical (unpaired) electrons. The first-order valence-electron chi connectivity index (χ1n) is 6.74. The van der Waals surface area contributed by atoms with Gasteiger partial charge in [-0.2, -0.15) is 0 Å². The minimum atomic E-state index is -0.452. The van der Waals surface area contributed by atoms with E-state index in [4.69, 9.17) is 14.2 Å². The highest BCUT2D eigenvalue weighted by atomic mass is 79.9. The Kier molecular flexibility index (Phi) is 5.44. The van der Waals surface area contributed by atoms with E-state index in [0.29, 0.717) is 17.2 Å². The standard InChI is InChI=1S/C17H17BrO4/c1-11-8-13(18)9-12(2)17(11)21-10-16(19)22-15-6-4-14(20-3)5-7-15/h4-9H,10H2,1-3H3. The maximum Gasteiger partial charge on any atom is 0.349 e. The Morgan fingerprint density at radius 1 is 1.05 bits per heavy atom. The van der Waals surface area contributed by atoms with Gasteiger partial charge in [-0.3, -0.25) is 0 Å². The smallest absolute Gasteiger partial charge is 0.349 e. The number of hydrogen-bond acceptors (Lipinski definition) is 4. The van der Waals surface area contributed by atoms with Gasteiger partial charge in [-0.15, -0.1) is 0 Å². The highest BCUT2D eigenvalue weighted by Gasteiger charge is 2.10. The Labute approximate surface area is 138 Å². The van der Waals surface area contributed by atoms with Gasteiger partial charge in [-0.05, 0) is 61.4 Å². The molecule has 0 heterocycles. The van der Waals surface area contributed by atoms with E-state index in [-0.39, 0.29) is 6.61 Å². The molecule has 0 spiro atoms. The summed E-state index contributed by atoms with van der Waals surface area (Å²) in [6, 6.07) is 10.7. The lowest BCUT2D eigenvalue weighted by Crippen LogP contribution is -2.18. The summed E-state index contributed by atoms with van der Waals surface area (Å²) in [6.07, 6.45) is 0. The molecular formula is C17H17BrO4. The first-order valence-corrected chi connectivity index (χ1v) is 7.53. The lowest BCUT2D eigenvalue weighted by Gasteiger charge is -2.12. The number of methoxy groups -OCH3 is 1. The van der Waals surface area contributed by atoms with Gasteiger partial charge in [0.1, 0.15) is 17.2 Å². The molecule has 0 atom stereocenters. The monoisotopic (exact) mass is 364 g/mol. The third kappa shape index (κ3) is 4.24. The number of esters is 1. The topological polar surface area (TPSA) is 44.8 Å². The third-order valence-corrected chi connectivity index (χ3v) is 3.51. The van der Waals surface area contributed by atoms with E-state index in [1.165, 1.54) is 0 Å². The first kappa shape index (κ1) is 16.4. The molecule has 0 aliphatic rings. The number of carbonyl (C=O) groups excluding carboxylic acids is 1. The number of hydrogen-bond donors (Lipinski definition) is 0. The van der Waals surface area contributed by atoms with Crippen LogP contribution in [0.3, 0.4) is 0 Å². The Balaban J connectivity index is 1.95. The van der Waals surface area contributed by atoms with Crippen molar-refractivity contribution in [3.8, 4) is 17.2 Å². The van der Waals surface area contributed by atoms with Gasteiger partial charge in [0.2, 0.25) is 0 Å². The van der Waals surface area contributed by atoms with Crippen LogP contribution in [0.5, 0.6) is 17.2 Å². The van der Waals surface area contributed by atoms with Gasteiger partial charge in [-0.1, -0.05) is 15.9 Å². The minimum absolute atomic E-state index is 0.144. The van der Waals surface area contributed by atoms with Crippen LogP contribution >= 0.6 is 15.9 Å². The molecule has 0 saturated carbocycles. The van der Waals surface area contributed by atoms with Crippen molar-refractivity contribution >= 4 is 21.9 Å². The zero-order valence-corrected chi connectivity index (χ0v) is 14.3. The molecule has 116 valence electrons. The van der Waals surface area contributed by atoms with Crippen molar-refractivity contribution in [1.29, 1.82) is 0 Å². The van der Waals surface area contributed by atoms with Crippen LogP contribution in [0.1, 0.15) is 11.1 Å². The molecule has 5 heteroatoms. The van der Waals surface area contributed by atoms with Crippen LogP contribution < -0.4 is 14.2 Å². The van der Waals surface area contributed by atoms with Crippen LogP contribution in [-0.2, 0) is 4.79 Å². The second-order valence-electron chi connectivity index (χ2n) is 4.81. The lowest BCUT2D eigenvalue weighted by molar-refractivity contribution is -0.136. The molecule has 0 saturated heterocycles. The average Bonchev–Trinajstić information content (AvgIpc) is 2.47. The number of halogens is 1. The van der Waals surface area contributed by atoms with E-state index in [0.717, 1.165) is 15.6 Å². The molecular weight excluding hydrogens is 348 g/mol. The van der Waals surface area contributed by atoms with Crippen molar-refractivity contribution in [3.05, 3.63) is 52.0 Å². The zero-order chi connectivity index (χ0) is 16.1. The summed E-state index contributed by atoms with van der Waals surface area (Å²) in [5.41, 5.74) is 1.92. The molecule has 4 nitrogen and oxygen atoms in total. The van der Waals surface area contributed by atoms with E-state index < -0.39 is 5.97 Å². The van der Waals surface area contributed by atoms with Gasteiger partial charge in [0.15, 0.2) is 6.61 Å². The molecule has 0 aromatic heterocycles. The normalized spacial score (nSPS) is 10.2. The Hall–Kier alpha value is -2.01. The van der Waals surface area contributed by atoms with Crippen molar-refractivity contribution in [2.75, 3.05) is 13.7 Å². The third-order valence-electron chi connectivity index (χ3n) is 3.05. The molecule has 0 aliphatic heterocycles. The largest absolute Gasteiger partial charge is 0.497 e. The highest BCUT2D eigenvalue weighted by Crippen LogP contribution is 2.27. The van der Waals surface area contributed by atoms with Gasteiger partial charge >= 0.3 is 5.97 Å². The lowest BCUT2D eigenvalue weighted by atomic mass is 10.1. The van der Waals surface area contributed by atoms with Crippen LogP contribution in [0.15, 0.2) is 40.9 Å². The molecule has 0 unspecified atom stereocenters. The van der Waals surface area contributed by atoms with Crippen molar-refractivity contribution < 1.29 is 19.0 Å². The fourth-order valence-corrected chi connectivity index (χ4v) is 2.75. The number of benzene rings is 2. The highest BCUT2D eigenvalue weighted by molar-refractivity contribution is 9.10. The molecule has 0 N–H and O–H groups in total. The molecule has 22 heavy (non-hydrogen) atoms. The fourth-order valence-electron chi connectivity index (χ4n) is 2.06. The van der Waals surface area contributed by atoms with Crippen molar-refractivity contribution in [2.24, 2.45) is 0 Å². The van der Waals surface area contributed by atoms with E-state index >= 15 is 0 Å². The van der Waals surface area contributed by atoms with Gasteiger partial charge in [0.25, 0.3) is 0 Å². The second kappa shape index (κ2) is 7.31. The van der Waals surface area contributed by atoms with Gasteiger partial charge in [0.05, 0.1) is 7.11 Å². The summed E-state index contributed by atoms with van der Waals surface area (Å²) in [7, 11) is 1.58. The fraction of sp³-hybridized carbons (Fsp3) is 0.235. The number of carbonyl (C=O) groups is 1. The number of rotatable bonds is 5. The quantitative estimate of drug-likeness (QED) is 0.592. The van der Waals surface area contributed by atoms with Crippen molar-refractivity contribution in [3.63, 3.8) is 0 Å². The van der Waals surface area contributed by atoms with Crippen molar-refractivity contribution in [1.82, 2.24) is 0 Å². The Bertz CT molecular complexity index is 642. The molecule has 0 fully saturated rings. The molecule has 0 bridgehead atoms. The summed E-state index contributed by atoms with van der Waals surface area (Å²) >= 11 is 3.43. The first-order chi connectivity index (χ1) is 10.5. The number of aryl methyl sites for hydroxylation is 2. The van der Waals surface area contributed by atoms with E-state index in [1.54, 1.807) is 31.4 Å². The Morgan fingerprint density at radius 2 is 1.59 bits per heavy atom. The summed E-state index contributed by atoms with van der Waals surface area (Å²) in [6.45, 7) is 3.72. The number of ether oxygens (including phenoxy) is 3. The Morgan fingerprint density at radius 3 is 2.14 bits per heavy atom. The summed E-state index contributed by atoms with van der Waals surface area (Å²) < 4.78 is 16.8. The van der Waals surface area contributed by atoms with Gasteiger partial charge in [0, 0.05) is 4.47 Å². The maximum absolute atomic E-state index is 11.8. The molecule has 2 aromatic rings. The van der Waals surface area contributed by atoms with Crippen LogP contribution in [0.2, 0.25) is 0 Å². The van der Waals surface area contributed by atoms with E-state index in [2.05, 4.69) is 15.9 Å². The maximum atomic E-state index is 11.8. The molecule has 2 rings (SSSR count). The van der Waals surface area contributed by atoms with E-state index in [1.807, 2.05) is 26.0 Å². The second-order valence-corrected chi connectivity index (χ2v) is 5.72. The van der Waals surface area contributed by atoms with E-state index in [9.17, 15) is 4.79 Å². The van der Waals surface area contributed by atoms with Gasteiger partial charge < -0.3 is 14.2 Å². The molecule has 0 aliphatic carbocycles. The van der Waals surface area contributed by atoms with Crippen LogP contribution in [0, 0.1) is 13.8 Å². The summed E-state index contributed by atoms with van der Waals surface area (Å²) in [4.78, 5) is 11.8. The predicted molar refractivity (Wildman–Crippen MR) is 87.7 cm³/mol. The SMILES string of the molecule is COc1ccc(OC(=O)COc2c(C)cc(Br)cc2C)cc1. The average molecular weight is 365 g/mol. The minimum Gasteiger partial charge on any atom is -0.497 e. The summed E-state index contributed by atoms with van der Waals surface area (Å²) in [5.74, 6) is 1.41. The van der Waals surface area contributed by atoms with Gasteiger partial charge in [-0.25, -0.2) is 4.79 Å². The zero-order valence-electron chi connectivity index (χ0n) is 12.7. The predicted octanol–water partition coefficient (Wildman–Crippen LogP) is 4.06. The molecule has 2 aromatic carbocycles. The van der Waals surface area contributed by atoms with Crippen molar-refractivity contribution in [2.45, 2.75) is 13.8 Å². The van der Waals surface area contributed by atoms with Crippen LogP contribution in [0.25, 0.3) is 0 Å². The van der Waals surface area contributed by atoms with Crippen LogP contribution in [-0.4, -0.2) is 19.7 Å². The molecule has 0 amide bonds. The summed E-state index contributed by atoms with van der Waals surface area (Å²) in [5, 5.41) is 0.